The minimum absolute atomic E-state index is 0.0159. The second-order valence-electron chi connectivity index (χ2n) is 8.04. The van der Waals surface area contributed by atoms with Crippen molar-refractivity contribution in [2.75, 3.05) is 26.7 Å². The van der Waals surface area contributed by atoms with Crippen molar-refractivity contribution < 1.29 is 14.0 Å². The largest absolute Gasteiger partial charge is 0.342 e. The van der Waals surface area contributed by atoms with Gasteiger partial charge in [-0.15, -0.1) is 0 Å². The van der Waals surface area contributed by atoms with Gasteiger partial charge in [-0.1, -0.05) is 26.0 Å². The summed E-state index contributed by atoms with van der Waals surface area (Å²) in [6, 6.07) is 6.47. The van der Waals surface area contributed by atoms with Gasteiger partial charge in [-0.3, -0.25) is 14.5 Å². The van der Waals surface area contributed by atoms with Gasteiger partial charge < -0.3 is 9.80 Å². The summed E-state index contributed by atoms with van der Waals surface area (Å²) in [5, 5.41) is 0. The Balaban J connectivity index is 2.13. The fraction of sp³-hybridized carbons (Fsp3) is 0.619. The van der Waals surface area contributed by atoms with Crippen LogP contribution in [-0.2, 0) is 16.1 Å². The molecule has 0 aliphatic carbocycles. The van der Waals surface area contributed by atoms with Gasteiger partial charge in [0, 0.05) is 45.2 Å². The first-order valence-corrected chi connectivity index (χ1v) is 9.71. The van der Waals surface area contributed by atoms with Crippen LogP contribution in [-0.4, -0.2) is 65.3 Å². The van der Waals surface area contributed by atoms with Crippen LogP contribution in [0.2, 0.25) is 0 Å². The van der Waals surface area contributed by atoms with E-state index in [0.29, 0.717) is 32.6 Å². The van der Waals surface area contributed by atoms with E-state index in [9.17, 15) is 14.0 Å². The lowest BCUT2D eigenvalue weighted by Crippen LogP contribution is -2.48. The molecule has 6 heteroatoms. The molecule has 1 aromatic carbocycles. The number of amides is 2. The van der Waals surface area contributed by atoms with Crippen LogP contribution in [0.25, 0.3) is 0 Å². The first-order chi connectivity index (χ1) is 12.7. The van der Waals surface area contributed by atoms with Crippen LogP contribution >= 0.6 is 0 Å². The van der Waals surface area contributed by atoms with Crippen molar-refractivity contribution in [2.45, 2.75) is 52.7 Å². The molecule has 1 saturated heterocycles. The SMILES string of the molecule is CC(C)[C@@H]1CN(CC(=O)N(C)C(C)C)CCC(=O)N1Cc1ccc(F)cc1. The molecule has 1 aliphatic heterocycles. The predicted octanol–water partition coefficient (Wildman–Crippen LogP) is 2.75. The quantitative estimate of drug-likeness (QED) is 0.766. The van der Waals surface area contributed by atoms with Crippen LogP contribution in [0.1, 0.15) is 39.7 Å². The molecule has 1 heterocycles. The van der Waals surface area contributed by atoms with Gasteiger partial charge in [0.25, 0.3) is 0 Å². The van der Waals surface area contributed by atoms with E-state index in [1.54, 1.807) is 17.0 Å². The summed E-state index contributed by atoms with van der Waals surface area (Å²) in [6.07, 6.45) is 0.392. The van der Waals surface area contributed by atoms with E-state index in [0.717, 1.165) is 5.56 Å². The number of carbonyl (C=O) groups excluding carboxylic acids is 2. The highest BCUT2D eigenvalue weighted by atomic mass is 19.1. The maximum atomic E-state index is 13.2. The van der Waals surface area contributed by atoms with Crippen LogP contribution < -0.4 is 0 Å². The molecule has 0 unspecified atom stereocenters. The molecule has 0 bridgehead atoms. The Morgan fingerprint density at radius 1 is 1.22 bits per heavy atom. The summed E-state index contributed by atoms with van der Waals surface area (Å²) in [5.41, 5.74) is 0.916. The second-order valence-corrected chi connectivity index (χ2v) is 8.04. The van der Waals surface area contributed by atoms with Crippen molar-refractivity contribution in [3.8, 4) is 0 Å². The summed E-state index contributed by atoms with van der Waals surface area (Å²) in [7, 11) is 1.82. The standard InChI is InChI=1S/C21H32FN3O2/c1-15(2)19-13-24(14-21(27)23(5)16(3)4)11-10-20(26)25(19)12-17-6-8-18(22)9-7-17/h6-9,15-16,19H,10-14H2,1-5H3/t19-/m0/s1. The van der Waals surface area contributed by atoms with E-state index in [4.69, 9.17) is 0 Å². The molecule has 0 spiro atoms. The Kier molecular flexibility index (Phi) is 7.36. The Morgan fingerprint density at radius 3 is 2.41 bits per heavy atom. The molecule has 0 aromatic heterocycles. The number of hydrogen-bond donors (Lipinski definition) is 0. The number of nitrogens with zero attached hydrogens (tertiary/aromatic N) is 3. The van der Waals surface area contributed by atoms with Crippen LogP contribution in [0.5, 0.6) is 0 Å². The minimum atomic E-state index is -0.277. The van der Waals surface area contributed by atoms with Gasteiger partial charge in [0.05, 0.1) is 6.54 Å². The van der Waals surface area contributed by atoms with Crippen LogP contribution in [0.4, 0.5) is 4.39 Å². The zero-order valence-corrected chi connectivity index (χ0v) is 17.1. The lowest BCUT2D eigenvalue weighted by molar-refractivity contribution is -0.134. The molecule has 27 heavy (non-hydrogen) atoms. The van der Waals surface area contributed by atoms with Gasteiger partial charge in [0.1, 0.15) is 5.82 Å². The number of halogens is 1. The molecule has 5 nitrogen and oxygen atoms in total. The maximum absolute atomic E-state index is 13.2. The number of rotatable bonds is 6. The molecular formula is C21H32FN3O2. The van der Waals surface area contributed by atoms with Gasteiger partial charge in [-0.05, 0) is 37.5 Å². The zero-order chi connectivity index (χ0) is 20.1. The van der Waals surface area contributed by atoms with E-state index < -0.39 is 0 Å². The molecular weight excluding hydrogens is 345 g/mol. The Bertz CT molecular complexity index is 645. The summed E-state index contributed by atoms with van der Waals surface area (Å²) in [4.78, 5) is 31.0. The van der Waals surface area contributed by atoms with E-state index in [2.05, 4.69) is 18.7 Å². The summed E-state index contributed by atoms with van der Waals surface area (Å²) < 4.78 is 13.2. The molecule has 2 amide bonds. The second kappa shape index (κ2) is 9.31. The lowest BCUT2D eigenvalue weighted by Gasteiger charge is -2.35. The van der Waals surface area contributed by atoms with Crippen LogP contribution in [0.3, 0.4) is 0 Å². The highest BCUT2D eigenvalue weighted by Gasteiger charge is 2.32. The highest BCUT2D eigenvalue weighted by molar-refractivity contribution is 5.79. The highest BCUT2D eigenvalue weighted by Crippen LogP contribution is 2.21. The number of carbonyl (C=O) groups is 2. The third-order valence-electron chi connectivity index (χ3n) is 5.37. The molecule has 1 fully saturated rings. The third-order valence-corrected chi connectivity index (χ3v) is 5.37. The average molecular weight is 378 g/mol. The summed E-state index contributed by atoms with van der Waals surface area (Å²) in [6.45, 7) is 10.2. The van der Waals surface area contributed by atoms with E-state index in [1.807, 2.05) is 25.8 Å². The molecule has 0 radical (unpaired) electrons. The smallest absolute Gasteiger partial charge is 0.236 e. The Morgan fingerprint density at radius 2 is 1.85 bits per heavy atom. The maximum Gasteiger partial charge on any atom is 0.236 e. The zero-order valence-electron chi connectivity index (χ0n) is 17.1. The van der Waals surface area contributed by atoms with Crippen molar-refractivity contribution in [1.29, 1.82) is 0 Å². The van der Waals surface area contributed by atoms with Crippen molar-refractivity contribution in [2.24, 2.45) is 5.92 Å². The van der Waals surface area contributed by atoms with Gasteiger partial charge in [-0.2, -0.15) is 0 Å². The topological polar surface area (TPSA) is 43.9 Å². The average Bonchev–Trinajstić information content (AvgIpc) is 2.76. The van der Waals surface area contributed by atoms with Crippen molar-refractivity contribution in [3.05, 3.63) is 35.6 Å². The molecule has 150 valence electrons. The van der Waals surface area contributed by atoms with E-state index >= 15 is 0 Å². The van der Waals surface area contributed by atoms with Crippen molar-refractivity contribution >= 4 is 11.8 Å². The fourth-order valence-electron chi connectivity index (χ4n) is 3.33. The third kappa shape index (κ3) is 5.76. The van der Waals surface area contributed by atoms with E-state index in [1.165, 1.54) is 12.1 Å². The summed E-state index contributed by atoms with van der Waals surface area (Å²) in [5.74, 6) is 0.144. The molecule has 0 saturated carbocycles. The molecule has 2 rings (SSSR count). The fourth-order valence-corrected chi connectivity index (χ4v) is 3.33. The van der Waals surface area contributed by atoms with Crippen LogP contribution in [0.15, 0.2) is 24.3 Å². The van der Waals surface area contributed by atoms with Gasteiger partial charge in [0.2, 0.25) is 11.8 Å². The van der Waals surface area contributed by atoms with Crippen molar-refractivity contribution in [1.82, 2.24) is 14.7 Å². The molecule has 1 aromatic rings. The summed E-state index contributed by atoms with van der Waals surface area (Å²) >= 11 is 0. The van der Waals surface area contributed by atoms with Crippen LogP contribution in [0, 0.1) is 11.7 Å². The normalized spacial score (nSPS) is 18.9. The number of benzene rings is 1. The van der Waals surface area contributed by atoms with Gasteiger partial charge in [-0.25, -0.2) is 4.39 Å². The monoisotopic (exact) mass is 377 g/mol. The first kappa shape index (κ1) is 21.4. The number of likely N-dealkylation sites (N-methyl/N-ethyl adjacent to an activating group) is 1. The molecule has 0 N–H and O–H groups in total. The Hall–Kier alpha value is -1.95. The Labute approximate surface area is 162 Å². The van der Waals surface area contributed by atoms with Gasteiger partial charge >= 0.3 is 0 Å². The van der Waals surface area contributed by atoms with Gasteiger partial charge in [0.15, 0.2) is 0 Å². The minimum Gasteiger partial charge on any atom is -0.342 e. The first-order valence-electron chi connectivity index (χ1n) is 9.71. The predicted molar refractivity (Wildman–Crippen MR) is 105 cm³/mol. The van der Waals surface area contributed by atoms with E-state index in [-0.39, 0.29) is 35.6 Å². The van der Waals surface area contributed by atoms with Crippen molar-refractivity contribution in [3.63, 3.8) is 0 Å². The number of hydrogen-bond acceptors (Lipinski definition) is 3. The molecule has 1 aliphatic rings. The lowest BCUT2D eigenvalue weighted by atomic mass is 10.0. The molecule has 1 atom stereocenters.